The van der Waals surface area contributed by atoms with Crippen LogP contribution in [0.15, 0.2) is 57.8 Å². The van der Waals surface area contributed by atoms with Gasteiger partial charge in [-0.1, -0.05) is 30.1 Å². The first-order valence-corrected chi connectivity index (χ1v) is 11.8. The van der Waals surface area contributed by atoms with Gasteiger partial charge in [-0.05, 0) is 54.8 Å². The summed E-state index contributed by atoms with van der Waals surface area (Å²) in [6, 6.07) is 11.6. The molecule has 2 aromatic carbocycles. The van der Waals surface area contributed by atoms with Gasteiger partial charge in [-0.3, -0.25) is 10.1 Å². The van der Waals surface area contributed by atoms with Crippen molar-refractivity contribution in [3.05, 3.63) is 71.4 Å². The summed E-state index contributed by atoms with van der Waals surface area (Å²) in [6.45, 7) is 1.03. The third kappa shape index (κ3) is 5.20. The number of sulfonamides is 1. The molecule has 3 aromatic rings. The summed E-state index contributed by atoms with van der Waals surface area (Å²) < 4.78 is 45.6. The Morgan fingerprint density at radius 3 is 2.28 bits per heavy atom. The molecule has 0 saturated carbocycles. The molecule has 2 heterocycles. The van der Waals surface area contributed by atoms with Gasteiger partial charge in [0, 0.05) is 18.7 Å². The van der Waals surface area contributed by atoms with Crippen molar-refractivity contribution < 1.29 is 22.0 Å². The molecular weight excluding hydrogens is 435 g/mol. The lowest BCUT2D eigenvalue weighted by molar-refractivity contribution is 0.102. The standard InChI is InChI=1S/C22H23FN4O4S/c23-18-9-5-16(6-10-18)15-20-25-26-22(31-20)24-21(28)17-7-11-19(12-8-17)32(29,30)27-13-3-1-2-4-14-27/h5-12H,1-4,13-15H2,(H,24,26,28). The maximum atomic E-state index is 13.0. The quantitative estimate of drug-likeness (QED) is 0.605. The fraction of sp³-hybridized carbons (Fsp3) is 0.318. The molecular formula is C22H23FN4O4S. The Hall–Kier alpha value is -3.11. The smallest absolute Gasteiger partial charge is 0.322 e. The number of amides is 1. The summed E-state index contributed by atoms with van der Waals surface area (Å²) in [5.41, 5.74) is 1.05. The molecule has 1 amide bonds. The van der Waals surface area contributed by atoms with E-state index in [1.54, 1.807) is 12.1 Å². The minimum Gasteiger partial charge on any atom is -0.407 e. The van der Waals surface area contributed by atoms with Crippen LogP contribution in [-0.4, -0.2) is 41.9 Å². The average Bonchev–Trinajstić information content (AvgIpc) is 3.04. The van der Waals surface area contributed by atoms with E-state index in [0.29, 0.717) is 19.5 Å². The molecule has 1 aliphatic heterocycles. The van der Waals surface area contributed by atoms with Crippen LogP contribution < -0.4 is 5.32 Å². The molecule has 32 heavy (non-hydrogen) atoms. The van der Waals surface area contributed by atoms with Gasteiger partial charge in [0.15, 0.2) is 0 Å². The number of benzene rings is 2. The van der Waals surface area contributed by atoms with E-state index >= 15 is 0 Å². The molecule has 1 aliphatic rings. The summed E-state index contributed by atoms with van der Waals surface area (Å²) in [4.78, 5) is 12.6. The van der Waals surface area contributed by atoms with E-state index < -0.39 is 15.9 Å². The Morgan fingerprint density at radius 2 is 1.62 bits per heavy atom. The zero-order chi connectivity index (χ0) is 22.6. The van der Waals surface area contributed by atoms with E-state index in [0.717, 1.165) is 31.2 Å². The topological polar surface area (TPSA) is 105 Å². The number of nitrogens with zero attached hydrogens (tertiary/aromatic N) is 3. The van der Waals surface area contributed by atoms with Gasteiger partial charge in [0.2, 0.25) is 15.9 Å². The van der Waals surface area contributed by atoms with Crippen molar-refractivity contribution in [2.45, 2.75) is 37.0 Å². The van der Waals surface area contributed by atoms with Crippen molar-refractivity contribution in [2.24, 2.45) is 0 Å². The largest absolute Gasteiger partial charge is 0.407 e. The van der Waals surface area contributed by atoms with Gasteiger partial charge in [0.1, 0.15) is 5.82 Å². The van der Waals surface area contributed by atoms with E-state index in [1.165, 1.54) is 40.7 Å². The fourth-order valence-corrected chi connectivity index (χ4v) is 5.05. The predicted octanol–water partition coefficient (Wildman–Crippen LogP) is 3.62. The van der Waals surface area contributed by atoms with Crippen LogP contribution in [0.1, 0.15) is 47.5 Å². The maximum absolute atomic E-state index is 13.0. The number of halogens is 1. The van der Waals surface area contributed by atoms with Crippen molar-refractivity contribution >= 4 is 21.9 Å². The second kappa shape index (κ2) is 9.58. The highest BCUT2D eigenvalue weighted by Crippen LogP contribution is 2.21. The first-order valence-electron chi connectivity index (χ1n) is 10.4. The SMILES string of the molecule is O=C(Nc1nnc(Cc2ccc(F)cc2)o1)c1ccc(S(=O)(=O)N2CCCCCC2)cc1. The number of carbonyl (C=O) groups excluding carboxylic acids is 1. The second-order valence-corrected chi connectivity index (χ2v) is 9.54. The van der Waals surface area contributed by atoms with Crippen LogP contribution in [-0.2, 0) is 16.4 Å². The summed E-state index contributed by atoms with van der Waals surface area (Å²) >= 11 is 0. The Balaban J connectivity index is 1.40. The molecule has 0 bridgehead atoms. The summed E-state index contributed by atoms with van der Waals surface area (Å²) in [5, 5.41) is 10.2. The molecule has 0 unspecified atom stereocenters. The average molecular weight is 459 g/mol. The molecule has 0 atom stereocenters. The fourth-order valence-electron chi connectivity index (χ4n) is 3.53. The van der Waals surface area contributed by atoms with Crippen LogP contribution in [0.2, 0.25) is 0 Å². The normalized spacial score (nSPS) is 15.3. The van der Waals surface area contributed by atoms with Crippen molar-refractivity contribution in [2.75, 3.05) is 18.4 Å². The van der Waals surface area contributed by atoms with E-state index in [2.05, 4.69) is 15.5 Å². The highest BCUT2D eigenvalue weighted by molar-refractivity contribution is 7.89. The highest BCUT2D eigenvalue weighted by atomic mass is 32.2. The second-order valence-electron chi connectivity index (χ2n) is 7.60. The lowest BCUT2D eigenvalue weighted by atomic mass is 10.1. The minimum atomic E-state index is -3.58. The molecule has 1 saturated heterocycles. The van der Waals surface area contributed by atoms with Crippen molar-refractivity contribution in [3.63, 3.8) is 0 Å². The Kier molecular flexibility index (Phi) is 6.61. The lowest BCUT2D eigenvalue weighted by Gasteiger charge is -2.19. The predicted molar refractivity (Wildman–Crippen MR) is 115 cm³/mol. The molecule has 4 rings (SSSR count). The molecule has 10 heteroatoms. The van der Waals surface area contributed by atoms with Crippen molar-refractivity contribution in [3.8, 4) is 0 Å². The minimum absolute atomic E-state index is 0.0756. The number of carbonyl (C=O) groups is 1. The van der Waals surface area contributed by atoms with Gasteiger partial charge in [0.25, 0.3) is 5.91 Å². The third-order valence-electron chi connectivity index (χ3n) is 5.28. The molecule has 0 spiro atoms. The zero-order valence-corrected chi connectivity index (χ0v) is 18.1. The van der Waals surface area contributed by atoms with Gasteiger partial charge < -0.3 is 4.42 Å². The van der Waals surface area contributed by atoms with Gasteiger partial charge in [-0.25, -0.2) is 12.8 Å². The van der Waals surface area contributed by atoms with E-state index in [9.17, 15) is 17.6 Å². The lowest BCUT2D eigenvalue weighted by Crippen LogP contribution is -2.31. The van der Waals surface area contributed by atoms with Crippen molar-refractivity contribution in [1.29, 1.82) is 0 Å². The van der Waals surface area contributed by atoms with E-state index in [1.807, 2.05) is 0 Å². The molecule has 1 fully saturated rings. The number of anilines is 1. The number of hydrogen-bond acceptors (Lipinski definition) is 6. The van der Waals surface area contributed by atoms with Crippen LogP contribution in [0.4, 0.5) is 10.4 Å². The van der Waals surface area contributed by atoms with Crippen LogP contribution in [0.3, 0.4) is 0 Å². The number of aromatic nitrogens is 2. The summed E-state index contributed by atoms with van der Waals surface area (Å²) in [7, 11) is -3.58. The monoisotopic (exact) mass is 458 g/mol. The molecule has 0 radical (unpaired) electrons. The van der Waals surface area contributed by atoms with E-state index in [-0.39, 0.29) is 28.2 Å². The zero-order valence-electron chi connectivity index (χ0n) is 17.3. The molecule has 168 valence electrons. The van der Waals surface area contributed by atoms with Crippen LogP contribution in [0, 0.1) is 5.82 Å². The van der Waals surface area contributed by atoms with Crippen LogP contribution >= 0.6 is 0 Å². The molecule has 1 N–H and O–H groups in total. The number of hydrogen-bond donors (Lipinski definition) is 1. The van der Waals surface area contributed by atoms with Gasteiger partial charge >= 0.3 is 6.01 Å². The summed E-state index contributed by atoms with van der Waals surface area (Å²) in [5.74, 6) is -0.566. The number of rotatable bonds is 6. The highest BCUT2D eigenvalue weighted by Gasteiger charge is 2.25. The Labute approximate surface area is 185 Å². The maximum Gasteiger partial charge on any atom is 0.322 e. The van der Waals surface area contributed by atoms with Gasteiger partial charge in [0.05, 0.1) is 11.3 Å². The molecule has 0 aliphatic carbocycles. The Bertz CT molecular complexity index is 1170. The van der Waals surface area contributed by atoms with E-state index in [4.69, 9.17) is 4.42 Å². The van der Waals surface area contributed by atoms with Crippen molar-refractivity contribution in [1.82, 2.24) is 14.5 Å². The first-order chi connectivity index (χ1) is 15.4. The van der Waals surface area contributed by atoms with Crippen LogP contribution in [0.5, 0.6) is 0 Å². The molecule has 1 aromatic heterocycles. The number of nitrogens with one attached hydrogen (secondary N) is 1. The Morgan fingerprint density at radius 1 is 0.969 bits per heavy atom. The summed E-state index contributed by atoms with van der Waals surface area (Å²) in [6.07, 6.45) is 4.07. The molecule has 8 nitrogen and oxygen atoms in total. The van der Waals surface area contributed by atoms with Gasteiger partial charge in [-0.2, -0.15) is 4.31 Å². The van der Waals surface area contributed by atoms with Crippen LogP contribution in [0.25, 0.3) is 0 Å². The van der Waals surface area contributed by atoms with Gasteiger partial charge in [-0.15, -0.1) is 5.10 Å². The third-order valence-corrected chi connectivity index (χ3v) is 7.19. The first kappa shape index (κ1) is 22.1.